The fraction of sp³-hybridized carbons (Fsp3) is 0.757. The van der Waals surface area contributed by atoms with E-state index in [1.807, 2.05) is 101 Å². The van der Waals surface area contributed by atoms with Crippen molar-refractivity contribution in [3.05, 3.63) is 107 Å². The van der Waals surface area contributed by atoms with E-state index >= 15 is 0 Å². The zero-order chi connectivity index (χ0) is 58.2. The summed E-state index contributed by atoms with van der Waals surface area (Å²) in [5, 5.41) is 0. The number of unbranched alkanes of at least 4 members (excludes halogenated alkanes) is 1. The second-order valence-electron chi connectivity index (χ2n) is 20.4. The molecule has 0 N–H and O–H groups in total. The minimum Gasteiger partial charge on any atom is -0.0683 e. The molecule has 0 amide bonds. The molecule has 0 nitrogen and oxygen atoms in total. The average molecular weight is 1030 g/mol. The van der Waals surface area contributed by atoms with Gasteiger partial charge in [-0.1, -0.05) is 396 Å². The van der Waals surface area contributed by atoms with Gasteiger partial charge >= 0.3 is 0 Å². The standard InChI is InChI=1S/C15H28.C15H16.C8H16.C7H14.C7H8.C4H10.2C3H8.6C2H6/c2*1-12-3-7-14(8-4-12)11-15-9-5-13(2)6-10-15;1-2-8-6-4-3-5-7-8;2*1-7-5-3-2-4-6-7;1-3-4-2;2*1-3-2;6*1-2/h12-15H,3-11H2,1-2H3;3-10H,11H2,1-2H3;8H,2-7H2,1H3;7H,2-6H2,1H3;2-6H,1H3;3-4H2,1-2H3;2*3H2,1-2H3;6*1-2H3. The summed E-state index contributed by atoms with van der Waals surface area (Å²) in [4.78, 5) is 0. The fourth-order valence-electron chi connectivity index (χ4n) is 8.69. The van der Waals surface area contributed by atoms with Crippen LogP contribution in [0, 0.1) is 56.3 Å². The minimum atomic E-state index is 1.02. The van der Waals surface area contributed by atoms with Crippen LogP contribution in [0.15, 0.2) is 78.9 Å². The first kappa shape index (κ1) is 85.6. The largest absolute Gasteiger partial charge is 0.0683 e. The molecule has 0 aromatic heterocycles. The van der Waals surface area contributed by atoms with Crippen LogP contribution in [-0.2, 0) is 6.42 Å². The number of rotatable bonds is 6. The van der Waals surface area contributed by atoms with Gasteiger partial charge in [0.25, 0.3) is 0 Å². The third-order valence-electron chi connectivity index (χ3n) is 13.2. The van der Waals surface area contributed by atoms with Gasteiger partial charge in [-0.15, -0.1) is 0 Å². The van der Waals surface area contributed by atoms with Crippen LogP contribution in [0.1, 0.15) is 334 Å². The van der Waals surface area contributed by atoms with Crippen molar-refractivity contribution in [1.82, 2.24) is 0 Å². The van der Waals surface area contributed by atoms with Gasteiger partial charge in [-0.05, 0) is 80.2 Å². The fourth-order valence-corrected chi connectivity index (χ4v) is 8.69. The van der Waals surface area contributed by atoms with E-state index in [2.05, 4.69) is 151 Å². The third-order valence-corrected chi connectivity index (χ3v) is 13.2. The first-order valence-electron chi connectivity index (χ1n) is 33.1. The molecule has 0 aliphatic heterocycles. The minimum absolute atomic E-state index is 1.02. The van der Waals surface area contributed by atoms with Gasteiger partial charge in [0.1, 0.15) is 0 Å². The summed E-state index contributed by atoms with van der Waals surface area (Å²) in [7, 11) is 0. The Labute approximate surface area is 473 Å². The molecule has 4 saturated carbocycles. The molecule has 4 aliphatic rings. The van der Waals surface area contributed by atoms with Crippen LogP contribution in [0.4, 0.5) is 0 Å². The normalized spacial score (nSPS) is 17.9. The summed E-state index contributed by atoms with van der Waals surface area (Å²) >= 11 is 0. The van der Waals surface area contributed by atoms with Crippen LogP contribution in [0.2, 0.25) is 0 Å². The average Bonchev–Trinajstić information content (AvgIpc) is 3.46. The Morgan fingerprint density at radius 2 is 0.581 bits per heavy atom. The molecule has 0 heteroatoms. The topological polar surface area (TPSA) is 0 Å². The lowest BCUT2D eigenvalue weighted by Crippen LogP contribution is -2.19. The van der Waals surface area contributed by atoms with Crippen molar-refractivity contribution in [3.63, 3.8) is 0 Å². The Hall–Kier alpha value is -2.34. The summed E-state index contributed by atoms with van der Waals surface area (Å²) < 4.78 is 0. The number of hydrogen-bond donors (Lipinski definition) is 0. The van der Waals surface area contributed by atoms with E-state index in [0.717, 1.165) is 41.9 Å². The highest BCUT2D eigenvalue weighted by molar-refractivity contribution is 5.29. The molecule has 74 heavy (non-hydrogen) atoms. The summed E-state index contributed by atoms with van der Waals surface area (Å²) in [5.74, 6) is 6.36. The van der Waals surface area contributed by atoms with E-state index in [0.29, 0.717) is 0 Å². The van der Waals surface area contributed by atoms with E-state index < -0.39 is 0 Å². The van der Waals surface area contributed by atoms with Crippen molar-refractivity contribution < 1.29 is 0 Å². The van der Waals surface area contributed by atoms with Gasteiger partial charge in [-0.2, -0.15) is 0 Å². The first-order chi connectivity index (χ1) is 35.9. The van der Waals surface area contributed by atoms with Crippen LogP contribution in [-0.4, -0.2) is 0 Å². The second kappa shape index (κ2) is 72.7. The highest BCUT2D eigenvalue weighted by Gasteiger charge is 2.24. The Bertz CT molecular complexity index is 1220. The lowest BCUT2D eigenvalue weighted by Gasteiger charge is -2.32. The van der Waals surface area contributed by atoms with Crippen molar-refractivity contribution >= 4 is 0 Å². The SMILES string of the molecule is CC.CC.CC.CC.CC.CC.CC1CCC(CC2CCC(C)CC2)CC1.CC1CCCCC1.CCC.CCC.CCC1CCCCC1.CCCC.Cc1ccc(Cc2ccc(C)cc2)cc1.Cc1ccccc1. The molecule has 440 valence electrons. The van der Waals surface area contributed by atoms with Crippen molar-refractivity contribution in [2.75, 3.05) is 0 Å². The molecule has 0 heterocycles. The Kier molecular flexibility index (Phi) is 84.1. The zero-order valence-corrected chi connectivity index (χ0v) is 56.1. The number of benzene rings is 3. The van der Waals surface area contributed by atoms with E-state index in [-0.39, 0.29) is 0 Å². The lowest BCUT2D eigenvalue weighted by molar-refractivity contribution is 0.201. The van der Waals surface area contributed by atoms with Crippen LogP contribution < -0.4 is 0 Å². The van der Waals surface area contributed by atoms with Gasteiger partial charge in [0.15, 0.2) is 0 Å². The van der Waals surface area contributed by atoms with Crippen molar-refractivity contribution in [2.24, 2.45) is 35.5 Å². The van der Waals surface area contributed by atoms with E-state index in [9.17, 15) is 0 Å². The molecule has 4 aliphatic carbocycles. The van der Waals surface area contributed by atoms with Gasteiger partial charge in [0.2, 0.25) is 0 Å². The molecule has 0 unspecified atom stereocenters. The van der Waals surface area contributed by atoms with Crippen LogP contribution in [0.3, 0.4) is 0 Å². The van der Waals surface area contributed by atoms with Crippen molar-refractivity contribution in [1.29, 1.82) is 0 Å². The molecular weight excluding hydrogens is 889 g/mol. The maximum absolute atomic E-state index is 2.43. The summed E-state index contributed by atoms with van der Waals surface area (Å²) in [6.45, 7) is 52.7. The Morgan fingerprint density at radius 1 is 0.311 bits per heavy atom. The molecule has 0 spiro atoms. The van der Waals surface area contributed by atoms with E-state index in [1.165, 1.54) is 175 Å². The van der Waals surface area contributed by atoms with Crippen molar-refractivity contribution in [2.45, 2.75) is 334 Å². The molecule has 4 fully saturated rings. The second-order valence-corrected chi connectivity index (χ2v) is 20.4. The molecule has 7 rings (SSSR count). The lowest BCUT2D eigenvalue weighted by atomic mass is 9.74. The van der Waals surface area contributed by atoms with Gasteiger partial charge in [-0.3, -0.25) is 0 Å². The van der Waals surface area contributed by atoms with E-state index in [1.54, 1.807) is 6.42 Å². The maximum Gasteiger partial charge on any atom is -0.00258 e. The molecule has 0 radical (unpaired) electrons. The van der Waals surface area contributed by atoms with Gasteiger partial charge < -0.3 is 0 Å². The van der Waals surface area contributed by atoms with Gasteiger partial charge in [0.05, 0.1) is 0 Å². The summed E-state index contributed by atoms with van der Waals surface area (Å²) in [5.41, 5.74) is 6.72. The number of aryl methyl sites for hydroxylation is 3. The molecule has 3 aromatic rings. The summed E-state index contributed by atoms with van der Waals surface area (Å²) in [6.07, 6.45) is 36.3. The number of hydrogen-bond acceptors (Lipinski definition) is 0. The molecular formula is C74H144. The third kappa shape index (κ3) is 62.2. The van der Waals surface area contributed by atoms with Crippen LogP contribution in [0.25, 0.3) is 0 Å². The van der Waals surface area contributed by atoms with E-state index in [4.69, 9.17) is 0 Å². The molecule has 0 saturated heterocycles. The van der Waals surface area contributed by atoms with Gasteiger partial charge in [0, 0.05) is 0 Å². The highest BCUT2D eigenvalue weighted by Crippen LogP contribution is 2.38. The maximum atomic E-state index is 2.43. The Balaban J connectivity index is -0.000000141. The smallest absolute Gasteiger partial charge is 0.00258 e. The predicted molar refractivity (Wildman–Crippen MR) is 353 cm³/mol. The van der Waals surface area contributed by atoms with Crippen molar-refractivity contribution in [3.8, 4) is 0 Å². The van der Waals surface area contributed by atoms with Crippen LogP contribution >= 0.6 is 0 Å². The molecule has 0 bridgehead atoms. The molecule has 3 aromatic carbocycles. The quantitative estimate of drug-likeness (QED) is 0.231. The Morgan fingerprint density at radius 3 is 0.797 bits per heavy atom. The molecule has 0 atom stereocenters. The predicted octanol–water partition coefficient (Wildman–Crippen LogP) is 27.3. The van der Waals surface area contributed by atoms with Gasteiger partial charge in [-0.25, -0.2) is 0 Å². The van der Waals surface area contributed by atoms with Crippen LogP contribution in [0.5, 0.6) is 0 Å². The zero-order valence-electron chi connectivity index (χ0n) is 56.1. The summed E-state index contributed by atoms with van der Waals surface area (Å²) in [6, 6.07) is 27.8. The highest BCUT2D eigenvalue weighted by atomic mass is 14.3. The monoisotopic (exact) mass is 1030 g/mol. The first-order valence-corrected chi connectivity index (χ1v) is 33.1.